The molecule has 0 aromatic heterocycles. The van der Waals surface area contributed by atoms with Gasteiger partial charge in [0.15, 0.2) is 0 Å². The summed E-state index contributed by atoms with van der Waals surface area (Å²) in [6, 6.07) is 0. The Balaban J connectivity index is 2.08. The van der Waals surface area contributed by atoms with Crippen LogP contribution in [0, 0.1) is 17.8 Å². The molecule has 0 aromatic carbocycles. The van der Waals surface area contributed by atoms with Gasteiger partial charge in [0.2, 0.25) is 0 Å². The van der Waals surface area contributed by atoms with Crippen LogP contribution in [0.1, 0.15) is 39.5 Å². The summed E-state index contributed by atoms with van der Waals surface area (Å²) in [5.74, 6) is 2.81. The lowest BCUT2D eigenvalue weighted by Gasteiger charge is -2.34. The molecule has 1 aliphatic carbocycles. The Labute approximate surface area is 70.7 Å². The van der Waals surface area contributed by atoms with Gasteiger partial charge in [-0.15, -0.1) is 6.58 Å². The summed E-state index contributed by atoms with van der Waals surface area (Å²) in [7, 11) is 0. The van der Waals surface area contributed by atoms with Crippen LogP contribution in [0.2, 0.25) is 0 Å². The minimum Gasteiger partial charge on any atom is -0.103 e. The molecule has 64 valence electrons. The van der Waals surface area contributed by atoms with Crippen molar-refractivity contribution in [2.75, 3.05) is 0 Å². The van der Waals surface area contributed by atoms with E-state index in [0.29, 0.717) is 0 Å². The normalized spacial score (nSPS) is 32.5. The van der Waals surface area contributed by atoms with Gasteiger partial charge in [-0.05, 0) is 37.0 Å². The number of allylic oxidation sites excluding steroid dienone is 1. The third kappa shape index (κ3) is 2.36. The molecule has 0 heterocycles. The van der Waals surface area contributed by atoms with E-state index in [1.54, 1.807) is 0 Å². The molecule has 0 spiro atoms. The second kappa shape index (κ2) is 3.94. The maximum atomic E-state index is 3.82. The van der Waals surface area contributed by atoms with E-state index in [2.05, 4.69) is 26.5 Å². The highest BCUT2D eigenvalue weighted by Crippen LogP contribution is 2.38. The summed E-state index contributed by atoms with van der Waals surface area (Å²) in [6.07, 6.45) is 7.73. The Kier molecular flexibility index (Phi) is 3.16. The molecule has 0 amide bonds. The van der Waals surface area contributed by atoms with Crippen LogP contribution in [0.5, 0.6) is 0 Å². The lowest BCUT2D eigenvalue weighted by Crippen LogP contribution is -2.23. The van der Waals surface area contributed by atoms with Crippen molar-refractivity contribution in [3.63, 3.8) is 0 Å². The molecule has 0 heteroatoms. The molecule has 1 atom stereocenters. The first-order valence-electron chi connectivity index (χ1n) is 4.88. The average molecular weight is 152 g/mol. The summed E-state index contributed by atoms with van der Waals surface area (Å²) in [6.45, 7) is 8.46. The van der Waals surface area contributed by atoms with Gasteiger partial charge in [0.05, 0.1) is 0 Å². The molecule has 0 aliphatic heterocycles. The Morgan fingerprint density at radius 1 is 1.55 bits per heavy atom. The molecule has 0 N–H and O–H groups in total. The molecule has 1 aliphatic rings. The van der Waals surface area contributed by atoms with Crippen molar-refractivity contribution in [1.82, 2.24) is 0 Å². The van der Waals surface area contributed by atoms with Gasteiger partial charge in [0, 0.05) is 0 Å². The maximum Gasteiger partial charge on any atom is -0.0231 e. The van der Waals surface area contributed by atoms with E-state index >= 15 is 0 Å². The Bertz CT molecular complexity index is 120. The van der Waals surface area contributed by atoms with E-state index in [0.717, 1.165) is 17.8 Å². The summed E-state index contributed by atoms with van der Waals surface area (Å²) in [5, 5.41) is 0. The van der Waals surface area contributed by atoms with Crippen LogP contribution in [0.4, 0.5) is 0 Å². The largest absolute Gasteiger partial charge is 0.103 e. The molecular formula is C11H20. The van der Waals surface area contributed by atoms with Gasteiger partial charge < -0.3 is 0 Å². The third-order valence-electron chi connectivity index (χ3n) is 3.04. The van der Waals surface area contributed by atoms with Crippen molar-refractivity contribution in [3.05, 3.63) is 12.7 Å². The number of rotatable bonds is 4. The Hall–Kier alpha value is -0.260. The van der Waals surface area contributed by atoms with Gasteiger partial charge >= 0.3 is 0 Å². The fourth-order valence-corrected chi connectivity index (χ4v) is 1.91. The standard InChI is InChI=1S/C11H20/c1-4-9(3)6-11-7-10(5-2)8-11/h5,9-11H,2,4,6-8H2,1,3H3. The van der Waals surface area contributed by atoms with Crippen molar-refractivity contribution in [3.8, 4) is 0 Å². The molecule has 0 nitrogen and oxygen atoms in total. The maximum absolute atomic E-state index is 3.82. The molecule has 0 radical (unpaired) electrons. The van der Waals surface area contributed by atoms with Crippen LogP contribution in [0.3, 0.4) is 0 Å². The highest BCUT2D eigenvalue weighted by Gasteiger charge is 2.27. The van der Waals surface area contributed by atoms with Gasteiger partial charge in [-0.25, -0.2) is 0 Å². The fourth-order valence-electron chi connectivity index (χ4n) is 1.91. The first-order chi connectivity index (χ1) is 5.26. The predicted octanol–water partition coefficient (Wildman–Crippen LogP) is 3.63. The van der Waals surface area contributed by atoms with Crippen LogP contribution in [0.15, 0.2) is 12.7 Å². The SMILES string of the molecule is C=CC1CC(CC(C)CC)C1. The van der Waals surface area contributed by atoms with Crippen LogP contribution in [0.25, 0.3) is 0 Å². The van der Waals surface area contributed by atoms with Crippen molar-refractivity contribution in [2.24, 2.45) is 17.8 Å². The molecule has 0 saturated heterocycles. The smallest absolute Gasteiger partial charge is 0.0231 e. The van der Waals surface area contributed by atoms with E-state index in [1.807, 2.05) is 0 Å². The molecular weight excluding hydrogens is 132 g/mol. The van der Waals surface area contributed by atoms with Gasteiger partial charge in [0.25, 0.3) is 0 Å². The lowest BCUT2D eigenvalue weighted by molar-refractivity contribution is 0.197. The number of hydrogen-bond acceptors (Lipinski definition) is 0. The molecule has 1 unspecified atom stereocenters. The van der Waals surface area contributed by atoms with Crippen molar-refractivity contribution in [2.45, 2.75) is 39.5 Å². The zero-order chi connectivity index (χ0) is 8.27. The van der Waals surface area contributed by atoms with E-state index in [4.69, 9.17) is 0 Å². The summed E-state index contributed by atoms with van der Waals surface area (Å²) in [4.78, 5) is 0. The molecule has 0 bridgehead atoms. The summed E-state index contributed by atoms with van der Waals surface area (Å²) >= 11 is 0. The first-order valence-corrected chi connectivity index (χ1v) is 4.88. The number of hydrogen-bond donors (Lipinski definition) is 0. The zero-order valence-electron chi connectivity index (χ0n) is 7.84. The summed E-state index contributed by atoms with van der Waals surface area (Å²) in [5.41, 5.74) is 0. The third-order valence-corrected chi connectivity index (χ3v) is 3.04. The molecule has 11 heavy (non-hydrogen) atoms. The second-order valence-corrected chi connectivity index (χ2v) is 4.08. The van der Waals surface area contributed by atoms with Gasteiger partial charge in [-0.2, -0.15) is 0 Å². The zero-order valence-corrected chi connectivity index (χ0v) is 7.84. The molecule has 1 rings (SSSR count). The van der Waals surface area contributed by atoms with Gasteiger partial charge in [-0.3, -0.25) is 0 Å². The predicted molar refractivity (Wildman–Crippen MR) is 50.5 cm³/mol. The first kappa shape index (κ1) is 8.83. The van der Waals surface area contributed by atoms with E-state index in [9.17, 15) is 0 Å². The Morgan fingerprint density at radius 3 is 2.64 bits per heavy atom. The second-order valence-electron chi connectivity index (χ2n) is 4.08. The van der Waals surface area contributed by atoms with E-state index < -0.39 is 0 Å². The fraction of sp³-hybridized carbons (Fsp3) is 0.818. The van der Waals surface area contributed by atoms with Crippen LogP contribution in [-0.4, -0.2) is 0 Å². The lowest BCUT2D eigenvalue weighted by atomic mass is 9.71. The molecule has 0 aromatic rings. The van der Waals surface area contributed by atoms with Crippen molar-refractivity contribution < 1.29 is 0 Å². The minimum absolute atomic E-state index is 0.851. The minimum atomic E-state index is 0.851. The highest BCUT2D eigenvalue weighted by atomic mass is 14.3. The Morgan fingerprint density at radius 2 is 2.18 bits per heavy atom. The van der Waals surface area contributed by atoms with E-state index in [-0.39, 0.29) is 0 Å². The van der Waals surface area contributed by atoms with Crippen molar-refractivity contribution in [1.29, 1.82) is 0 Å². The van der Waals surface area contributed by atoms with Crippen LogP contribution < -0.4 is 0 Å². The highest BCUT2D eigenvalue weighted by molar-refractivity contribution is 4.90. The van der Waals surface area contributed by atoms with Crippen LogP contribution >= 0.6 is 0 Å². The quantitative estimate of drug-likeness (QED) is 0.539. The monoisotopic (exact) mass is 152 g/mol. The van der Waals surface area contributed by atoms with Gasteiger partial charge in [0.1, 0.15) is 0 Å². The average Bonchev–Trinajstić information content (AvgIpc) is 1.95. The summed E-state index contributed by atoms with van der Waals surface area (Å²) < 4.78 is 0. The molecule has 1 saturated carbocycles. The van der Waals surface area contributed by atoms with Gasteiger partial charge in [-0.1, -0.05) is 26.3 Å². The van der Waals surface area contributed by atoms with Crippen molar-refractivity contribution >= 4 is 0 Å². The molecule has 1 fully saturated rings. The topological polar surface area (TPSA) is 0 Å². The van der Waals surface area contributed by atoms with Crippen LogP contribution in [-0.2, 0) is 0 Å². The van der Waals surface area contributed by atoms with E-state index in [1.165, 1.54) is 25.7 Å².